The summed E-state index contributed by atoms with van der Waals surface area (Å²) in [6, 6.07) is 7.00. The summed E-state index contributed by atoms with van der Waals surface area (Å²) in [4.78, 5) is 24.6. The Labute approximate surface area is 103 Å². The molecule has 84 valence electrons. The minimum Gasteiger partial charge on any atom is -0.329 e. The van der Waals surface area contributed by atoms with Crippen LogP contribution in [0.1, 0.15) is 23.2 Å². The van der Waals surface area contributed by atoms with E-state index in [0.29, 0.717) is 12.1 Å². The van der Waals surface area contributed by atoms with E-state index in [1.165, 1.54) is 0 Å². The minimum absolute atomic E-state index is 0.0594. The van der Waals surface area contributed by atoms with Gasteiger partial charge in [0.2, 0.25) is 0 Å². The topological polar surface area (TPSA) is 37.4 Å². The molecule has 2 rings (SSSR count). The maximum Gasteiger partial charge on any atom is 0.254 e. The molecule has 0 aliphatic carbocycles. The number of aldehydes is 1. The first-order valence-corrected chi connectivity index (χ1v) is 6.03. The first-order valence-electron chi connectivity index (χ1n) is 5.24. The van der Waals surface area contributed by atoms with Crippen LogP contribution in [0.4, 0.5) is 0 Å². The van der Waals surface area contributed by atoms with E-state index in [-0.39, 0.29) is 11.9 Å². The van der Waals surface area contributed by atoms with Gasteiger partial charge in [-0.05, 0) is 31.0 Å². The van der Waals surface area contributed by atoms with Crippen LogP contribution in [0.15, 0.2) is 28.7 Å². The van der Waals surface area contributed by atoms with E-state index in [1.807, 2.05) is 12.1 Å². The lowest BCUT2D eigenvalue weighted by atomic mass is 10.2. The molecule has 0 radical (unpaired) electrons. The summed E-state index contributed by atoms with van der Waals surface area (Å²) >= 11 is 3.33. The van der Waals surface area contributed by atoms with E-state index in [0.717, 1.165) is 23.6 Å². The van der Waals surface area contributed by atoms with Crippen molar-refractivity contribution in [1.82, 2.24) is 4.90 Å². The van der Waals surface area contributed by atoms with E-state index >= 15 is 0 Å². The van der Waals surface area contributed by atoms with Crippen LogP contribution in [-0.4, -0.2) is 29.7 Å². The Kier molecular flexibility index (Phi) is 3.39. The molecule has 0 bridgehead atoms. The smallest absolute Gasteiger partial charge is 0.254 e. The van der Waals surface area contributed by atoms with Gasteiger partial charge in [0, 0.05) is 16.6 Å². The van der Waals surface area contributed by atoms with Crippen molar-refractivity contribution in [2.75, 3.05) is 6.54 Å². The SMILES string of the molecule is O=CC1CCCN1C(=O)c1cccc(Br)c1. The van der Waals surface area contributed by atoms with E-state index in [9.17, 15) is 9.59 Å². The van der Waals surface area contributed by atoms with Gasteiger partial charge < -0.3 is 9.69 Å². The van der Waals surface area contributed by atoms with Crippen LogP contribution in [0.25, 0.3) is 0 Å². The summed E-state index contributed by atoms with van der Waals surface area (Å²) in [5, 5.41) is 0. The van der Waals surface area contributed by atoms with Crippen molar-refractivity contribution >= 4 is 28.1 Å². The highest BCUT2D eigenvalue weighted by molar-refractivity contribution is 9.10. The van der Waals surface area contributed by atoms with Crippen molar-refractivity contribution in [3.63, 3.8) is 0 Å². The number of amides is 1. The highest BCUT2D eigenvalue weighted by Crippen LogP contribution is 2.20. The molecule has 1 heterocycles. The molecular weight excluding hydrogens is 270 g/mol. The third-order valence-electron chi connectivity index (χ3n) is 2.79. The standard InChI is InChI=1S/C12H12BrNO2/c13-10-4-1-3-9(7-10)12(16)14-6-2-5-11(14)8-15/h1,3-4,7-8,11H,2,5-6H2. The molecule has 1 unspecified atom stereocenters. The summed E-state index contributed by atoms with van der Waals surface area (Å²) in [5.41, 5.74) is 0.628. The molecule has 3 nitrogen and oxygen atoms in total. The van der Waals surface area contributed by atoms with Gasteiger partial charge in [0.15, 0.2) is 0 Å². The molecule has 0 aromatic heterocycles. The second kappa shape index (κ2) is 4.78. The van der Waals surface area contributed by atoms with Crippen molar-refractivity contribution in [3.8, 4) is 0 Å². The molecule has 1 aromatic rings. The fourth-order valence-electron chi connectivity index (χ4n) is 1.97. The Morgan fingerprint density at radius 1 is 1.50 bits per heavy atom. The van der Waals surface area contributed by atoms with Crippen molar-refractivity contribution in [2.45, 2.75) is 18.9 Å². The van der Waals surface area contributed by atoms with Crippen molar-refractivity contribution < 1.29 is 9.59 Å². The number of carbonyl (C=O) groups excluding carboxylic acids is 2. The lowest BCUT2D eigenvalue weighted by Crippen LogP contribution is -2.36. The summed E-state index contributed by atoms with van der Waals surface area (Å²) < 4.78 is 0.875. The van der Waals surface area contributed by atoms with Gasteiger partial charge in [0.05, 0.1) is 6.04 Å². The van der Waals surface area contributed by atoms with Gasteiger partial charge in [-0.3, -0.25) is 4.79 Å². The zero-order valence-corrected chi connectivity index (χ0v) is 10.3. The number of carbonyl (C=O) groups is 2. The molecule has 1 aliphatic rings. The average Bonchev–Trinajstić information content (AvgIpc) is 2.76. The zero-order chi connectivity index (χ0) is 11.5. The summed E-state index contributed by atoms with van der Waals surface area (Å²) in [6.07, 6.45) is 2.55. The largest absolute Gasteiger partial charge is 0.329 e. The fraction of sp³-hybridized carbons (Fsp3) is 0.333. The molecular formula is C12H12BrNO2. The van der Waals surface area contributed by atoms with Crippen LogP contribution in [0.3, 0.4) is 0 Å². The lowest BCUT2D eigenvalue weighted by molar-refractivity contribution is -0.111. The van der Waals surface area contributed by atoms with Gasteiger partial charge in [0.1, 0.15) is 6.29 Å². The molecule has 16 heavy (non-hydrogen) atoms. The van der Waals surface area contributed by atoms with Crippen molar-refractivity contribution in [1.29, 1.82) is 0 Å². The maximum atomic E-state index is 12.1. The van der Waals surface area contributed by atoms with Crippen LogP contribution in [0, 0.1) is 0 Å². The highest BCUT2D eigenvalue weighted by atomic mass is 79.9. The highest BCUT2D eigenvalue weighted by Gasteiger charge is 2.28. The average molecular weight is 282 g/mol. The van der Waals surface area contributed by atoms with Crippen LogP contribution in [-0.2, 0) is 4.79 Å². The van der Waals surface area contributed by atoms with Crippen LogP contribution < -0.4 is 0 Å². The molecule has 1 aromatic carbocycles. The number of nitrogens with zero attached hydrogens (tertiary/aromatic N) is 1. The first kappa shape index (κ1) is 11.3. The summed E-state index contributed by atoms with van der Waals surface area (Å²) in [5.74, 6) is -0.0594. The van der Waals surface area contributed by atoms with Crippen molar-refractivity contribution in [2.24, 2.45) is 0 Å². The molecule has 1 amide bonds. The molecule has 4 heteroatoms. The van der Waals surface area contributed by atoms with Crippen LogP contribution in [0.5, 0.6) is 0 Å². The Bertz CT molecular complexity index is 419. The summed E-state index contributed by atoms with van der Waals surface area (Å²) in [6.45, 7) is 0.675. The number of benzene rings is 1. The van der Waals surface area contributed by atoms with E-state index in [4.69, 9.17) is 0 Å². The first-order chi connectivity index (χ1) is 7.72. The predicted octanol–water partition coefficient (Wildman–Crippen LogP) is 2.25. The van der Waals surface area contributed by atoms with E-state index < -0.39 is 0 Å². The summed E-state index contributed by atoms with van der Waals surface area (Å²) in [7, 11) is 0. The van der Waals surface area contributed by atoms with Crippen LogP contribution >= 0.6 is 15.9 Å². The van der Waals surface area contributed by atoms with Gasteiger partial charge in [-0.15, -0.1) is 0 Å². The van der Waals surface area contributed by atoms with Gasteiger partial charge in [-0.1, -0.05) is 22.0 Å². The van der Waals surface area contributed by atoms with Crippen molar-refractivity contribution in [3.05, 3.63) is 34.3 Å². The predicted molar refractivity (Wildman–Crippen MR) is 64.3 cm³/mol. The number of halogens is 1. The van der Waals surface area contributed by atoms with Gasteiger partial charge in [-0.2, -0.15) is 0 Å². The number of hydrogen-bond acceptors (Lipinski definition) is 2. The fourth-order valence-corrected chi connectivity index (χ4v) is 2.37. The van der Waals surface area contributed by atoms with Gasteiger partial charge in [0.25, 0.3) is 5.91 Å². The molecule has 0 N–H and O–H groups in total. The second-order valence-electron chi connectivity index (χ2n) is 3.85. The van der Waals surface area contributed by atoms with Gasteiger partial charge >= 0.3 is 0 Å². The molecule has 0 spiro atoms. The number of likely N-dealkylation sites (tertiary alicyclic amines) is 1. The zero-order valence-electron chi connectivity index (χ0n) is 8.73. The normalized spacial score (nSPS) is 19.8. The molecule has 1 aliphatic heterocycles. The van der Waals surface area contributed by atoms with E-state index in [2.05, 4.69) is 15.9 Å². The maximum absolute atomic E-state index is 12.1. The quantitative estimate of drug-likeness (QED) is 0.780. The minimum atomic E-state index is -0.244. The second-order valence-corrected chi connectivity index (χ2v) is 4.77. The Hall–Kier alpha value is -1.16. The number of rotatable bonds is 2. The monoisotopic (exact) mass is 281 g/mol. The Balaban J connectivity index is 2.21. The Morgan fingerprint density at radius 2 is 2.31 bits per heavy atom. The Morgan fingerprint density at radius 3 is 3.00 bits per heavy atom. The molecule has 0 saturated carbocycles. The number of hydrogen-bond donors (Lipinski definition) is 0. The lowest BCUT2D eigenvalue weighted by Gasteiger charge is -2.20. The molecule has 1 fully saturated rings. The molecule has 1 atom stereocenters. The van der Waals surface area contributed by atoms with E-state index in [1.54, 1.807) is 17.0 Å². The van der Waals surface area contributed by atoms with Crippen LogP contribution in [0.2, 0.25) is 0 Å². The third kappa shape index (κ3) is 2.16. The molecule has 1 saturated heterocycles. The van der Waals surface area contributed by atoms with Gasteiger partial charge in [-0.25, -0.2) is 0 Å². The third-order valence-corrected chi connectivity index (χ3v) is 3.28.